The van der Waals surface area contributed by atoms with Crippen molar-refractivity contribution in [3.8, 4) is 46.0 Å². The van der Waals surface area contributed by atoms with Gasteiger partial charge in [0.05, 0.1) is 105 Å². The summed E-state index contributed by atoms with van der Waals surface area (Å²) in [5, 5.41) is 9.27. The Labute approximate surface area is 699 Å². The van der Waals surface area contributed by atoms with Gasteiger partial charge >= 0.3 is 11.9 Å². The Hall–Kier alpha value is -14.3. The van der Waals surface area contributed by atoms with Crippen LogP contribution in [0.2, 0.25) is 0 Å². The van der Waals surface area contributed by atoms with Crippen LogP contribution >= 0.6 is 0 Å². The number of fused-ring (bicyclic) bond motifs is 16. The van der Waals surface area contributed by atoms with Crippen LogP contribution in [0.25, 0.3) is 0 Å². The second kappa shape index (κ2) is 34.0. The molecule has 8 aliphatic heterocycles. The number of carbonyl (C=O) groups excluding carboxylic acids is 5. The van der Waals surface area contributed by atoms with E-state index in [1.807, 2.05) is 177 Å². The first-order valence-electron chi connectivity index (χ1n) is 40.1. The van der Waals surface area contributed by atoms with Crippen LogP contribution in [0.5, 0.6) is 46.0 Å². The van der Waals surface area contributed by atoms with E-state index >= 15 is 0 Å². The van der Waals surface area contributed by atoms with Gasteiger partial charge in [-0.25, -0.2) is 0 Å². The first-order chi connectivity index (χ1) is 58.9. The van der Waals surface area contributed by atoms with Crippen molar-refractivity contribution in [3.05, 3.63) is 249 Å². The Morgan fingerprint density at radius 3 is 0.884 bits per heavy atom. The SMILES string of the molecule is COC(=O)CCCN(C)c1cc(COc2cc3c(cc2OC)C(=O)N2c4ccccc4C[C@H]2C=N3)cc(COc2cc3c(cc2OC)C(=O)N2c4ccccc4C[C@H]2C=N3)c1.COc1cc2c(cc1OCc1cc(COc3cc4c(cc3OC)C(=O)N3c5ccccc5C[C@H]3C=N4)cc(N(C)CCCC(=O)O)c1)N=C[C@@H]1Cc3ccccc3N1C2=O. The number of ether oxygens (including phenoxy) is 9. The molecule has 18 rings (SSSR count). The highest BCUT2D eigenvalue weighted by atomic mass is 16.5. The minimum absolute atomic E-state index is 0.0470. The molecule has 0 bridgehead atoms. The fraction of sp³-hybridized carbons (Fsp3) is 0.263. The van der Waals surface area contributed by atoms with Crippen molar-refractivity contribution < 1.29 is 76.5 Å². The molecule has 0 aromatic heterocycles. The number of anilines is 6. The highest BCUT2D eigenvalue weighted by Gasteiger charge is 2.42. The number of benzene rings is 10. The normalized spacial score (nSPS) is 16.7. The molecular formula is C95H88N10O16. The molecule has 26 heteroatoms. The van der Waals surface area contributed by atoms with Gasteiger partial charge in [0.25, 0.3) is 23.6 Å². The smallest absolute Gasteiger partial charge is 0.305 e. The summed E-state index contributed by atoms with van der Waals surface area (Å²) in [4.78, 5) is 109. The number of rotatable bonds is 26. The Balaban J connectivity index is 0.000000172. The molecule has 8 heterocycles. The van der Waals surface area contributed by atoms with Crippen LogP contribution in [0.3, 0.4) is 0 Å². The predicted octanol–water partition coefficient (Wildman–Crippen LogP) is 15.6. The van der Waals surface area contributed by atoms with E-state index in [9.17, 15) is 33.9 Å². The van der Waals surface area contributed by atoms with Gasteiger partial charge in [-0.2, -0.15) is 0 Å². The van der Waals surface area contributed by atoms with Gasteiger partial charge in [0, 0.05) is 149 Å². The second-order valence-electron chi connectivity index (χ2n) is 30.7. The first-order valence-corrected chi connectivity index (χ1v) is 40.1. The monoisotopic (exact) mass is 1620 g/mol. The summed E-state index contributed by atoms with van der Waals surface area (Å²) in [6.45, 7) is 1.70. The lowest BCUT2D eigenvalue weighted by molar-refractivity contribution is -0.140. The summed E-state index contributed by atoms with van der Waals surface area (Å²) in [5.74, 6) is 1.65. The van der Waals surface area contributed by atoms with Gasteiger partial charge in [-0.15, -0.1) is 0 Å². The zero-order chi connectivity index (χ0) is 83.7. The second-order valence-corrected chi connectivity index (χ2v) is 30.7. The Kier molecular flexibility index (Phi) is 22.2. The van der Waals surface area contributed by atoms with Crippen molar-refractivity contribution in [1.82, 2.24) is 0 Å². The fourth-order valence-electron chi connectivity index (χ4n) is 16.9. The summed E-state index contributed by atoms with van der Waals surface area (Å²) in [5.41, 5.74) is 16.7. The van der Waals surface area contributed by atoms with E-state index in [0.29, 0.717) is 149 Å². The van der Waals surface area contributed by atoms with E-state index < -0.39 is 5.97 Å². The number of carbonyl (C=O) groups is 6. The summed E-state index contributed by atoms with van der Waals surface area (Å²) < 4.78 is 53.6. The standard InChI is InChI=1S/C48H45N5O8.C47H43N5O8/c1-51(15-9-14-46(54)59-4)33-17-29(27-60-44-23-38-36(21-42(44)57-2)47(55)52-34(25-49-38)19-31-10-5-7-12-40(31)52)16-30(18-33)28-61-45-24-39-37(22-43(45)58-3)48(56)53-35(26-50-39)20-32-11-6-8-13-41(32)53;1-50(14-8-13-45(53)54)32-16-28(26-59-43-22-37-35(20-41(43)57-2)46(55)51-33(24-48-37)18-30-9-4-6-11-39(30)51)15-29(17-32)27-60-44-23-38-36(21-42(44)58-3)47(56)52-34(25-49-38)19-31-10-5-7-12-40(31)52/h5-8,10-13,16-18,21-26,34-35H,9,14-15,19-20,27-28H2,1-4H3;4-7,9-12,15-17,20-25,33-34H,8,13-14,18-19,26-27H2,1-3H3,(H,53,54)/t34-,35-;33-,34-/m00/s1. The molecule has 0 radical (unpaired) electrons. The molecule has 0 spiro atoms. The molecular weight excluding hydrogens is 1540 g/mol. The zero-order valence-corrected chi connectivity index (χ0v) is 67.9. The lowest BCUT2D eigenvalue weighted by Crippen LogP contribution is -2.37. The van der Waals surface area contributed by atoms with E-state index in [1.165, 1.54) is 21.3 Å². The van der Waals surface area contributed by atoms with Crippen molar-refractivity contribution in [2.75, 3.05) is 92.1 Å². The highest BCUT2D eigenvalue weighted by Crippen LogP contribution is 2.48. The lowest BCUT2D eigenvalue weighted by atomic mass is 10.1. The Morgan fingerprint density at radius 1 is 0.364 bits per heavy atom. The average Bonchev–Trinajstić information content (AvgIpc) is 1.63. The van der Waals surface area contributed by atoms with Crippen LogP contribution < -0.4 is 67.3 Å². The molecule has 0 unspecified atom stereocenters. The quantitative estimate of drug-likeness (QED) is 0.0493. The zero-order valence-electron chi connectivity index (χ0n) is 67.9. The van der Waals surface area contributed by atoms with Crippen molar-refractivity contribution >= 4 is 117 Å². The molecule has 0 aliphatic carbocycles. The number of aliphatic imine (C=N–C) groups is 4. The molecule has 26 nitrogen and oxygen atoms in total. The number of carboxylic acids is 1. The molecule has 10 aromatic carbocycles. The molecule has 10 aromatic rings. The van der Waals surface area contributed by atoms with Crippen LogP contribution in [-0.2, 0) is 66.4 Å². The van der Waals surface area contributed by atoms with Gasteiger partial charge in [0.15, 0.2) is 46.0 Å². The third-order valence-electron chi connectivity index (χ3n) is 23.0. The molecule has 0 saturated carbocycles. The number of nitrogens with zero attached hydrogens (tertiary/aromatic N) is 10. The van der Waals surface area contributed by atoms with E-state index in [0.717, 1.165) is 78.6 Å². The van der Waals surface area contributed by atoms with Crippen molar-refractivity contribution in [2.24, 2.45) is 20.0 Å². The van der Waals surface area contributed by atoms with Gasteiger partial charge < -0.3 is 57.5 Å². The maximum atomic E-state index is 14.0. The first kappa shape index (κ1) is 79.2. The minimum Gasteiger partial charge on any atom is -0.493 e. The van der Waals surface area contributed by atoms with Crippen LogP contribution in [0.4, 0.5) is 56.9 Å². The number of aliphatic carboxylic acids is 1. The maximum absolute atomic E-state index is 14.0. The molecule has 0 fully saturated rings. The Morgan fingerprint density at radius 2 is 0.628 bits per heavy atom. The van der Waals surface area contributed by atoms with Crippen LogP contribution in [-0.4, -0.2) is 152 Å². The van der Waals surface area contributed by atoms with E-state index in [1.54, 1.807) is 82.4 Å². The van der Waals surface area contributed by atoms with Crippen molar-refractivity contribution in [1.29, 1.82) is 0 Å². The minimum atomic E-state index is -0.850. The summed E-state index contributed by atoms with van der Waals surface area (Å²) in [6.07, 6.45) is 11.5. The molecule has 4 amide bonds. The number of amides is 4. The van der Waals surface area contributed by atoms with Crippen molar-refractivity contribution in [2.45, 2.75) is 102 Å². The summed E-state index contributed by atoms with van der Waals surface area (Å²) in [6, 6.07) is 56.7. The van der Waals surface area contributed by atoms with Gasteiger partial charge in [-0.1, -0.05) is 72.8 Å². The van der Waals surface area contributed by atoms with Gasteiger partial charge in [0.1, 0.15) is 26.4 Å². The molecule has 4 atom stereocenters. The number of esters is 1. The largest absolute Gasteiger partial charge is 0.493 e. The topological polar surface area (TPSA) is 275 Å². The molecule has 1 N–H and O–H groups in total. The van der Waals surface area contributed by atoms with E-state index in [2.05, 4.69) is 4.90 Å². The van der Waals surface area contributed by atoms with Crippen LogP contribution in [0.15, 0.2) is 202 Å². The number of hydrogen-bond acceptors (Lipinski definition) is 21. The van der Waals surface area contributed by atoms with E-state index in [4.69, 9.17) is 62.6 Å². The average molecular weight is 1630 g/mol. The van der Waals surface area contributed by atoms with E-state index in [-0.39, 0.29) is 86.6 Å². The fourth-order valence-corrected chi connectivity index (χ4v) is 16.9. The molecule has 614 valence electrons. The molecule has 0 saturated heterocycles. The summed E-state index contributed by atoms with van der Waals surface area (Å²) in [7, 11) is 11.4. The van der Waals surface area contributed by atoms with Gasteiger partial charge in [-0.3, -0.25) is 68.3 Å². The molecule has 121 heavy (non-hydrogen) atoms. The predicted molar refractivity (Wildman–Crippen MR) is 462 cm³/mol. The molecule has 8 aliphatic rings. The third kappa shape index (κ3) is 15.9. The number of carboxylic acid groups (broad SMARTS) is 1. The number of hydrogen-bond donors (Lipinski definition) is 1. The van der Waals surface area contributed by atoms with Crippen LogP contribution in [0.1, 0.15) is 112 Å². The van der Waals surface area contributed by atoms with Gasteiger partial charge in [-0.05, 0) is 142 Å². The van der Waals surface area contributed by atoms with Crippen molar-refractivity contribution in [3.63, 3.8) is 0 Å². The highest BCUT2D eigenvalue weighted by molar-refractivity contribution is 6.18. The number of methoxy groups -OCH3 is 5. The number of para-hydroxylation sites is 4. The van der Waals surface area contributed by atoms with Crippen LogP contribution in [0, 0.1) is 0 Å². The third-order valence-corrected chi connectivity index (χ3v) is 23.0. The van der Waals surface area contributed by atoms with Gasteiger partial charge in [0.2, 0.25) is 0 Å². The Bertz CT molecular complexity index is 5620. The lowest BCUT2D eigenvalue weighted by Gasteiger charge is -2.23. The maximum Gasteiger partial charge on any atom is 0.305 e. The summed E-state index contributed by atoms with van der Waals surface area (Å²) >= 11 is 0.